The van der Waals surface area contributed by atoms with Crippen LogP contribution in [0.2, 0.25) is 0 Å². The predicted octanol–water partition coefficient (Wildman–Crippen LogP) is 2.14. The molecule has 0 spiro atoms. The molecule has 0 N–H and O–H groups in total. The summed E-state index contributed by atoms with van der Waals surface area (Å²) in [6, 6.07) is 0.452. The lowest BCUT2D eigenvalue weighted by Crippen LogP contribution is -2.55. The zero-order valence-corrected chi connectivity index (χ0v) is 13.1. The van der Waals surface area contributed by atoms with Crippen LogP contribution in [0.5, 0.6) is 0 Å². The quantitative estimate of drug-likeness (QED) is 0.741. The summed E-state index contributed by atoms with van der Waals surface area (Å²) in [7, 11) is 1.75. The van der Waals surface area contributed by atoms with Crippen LogP contribution in [-0.2, 0) is 9.53 Å². The monoisotopic (exact) mass is 282 g/mol. The Balaban J connectivity index is 1.83. The molecule has 1 atom stereocenters. The number of piperazine rings is 1. The van der Waals surface area contributed by atoms with Crippen molar-refractivity contribution in [3.05, 3.63) is 0 Å². The standard InChI is InChI=1S/C16H30N2O2/c1-14-13-18(10-9-17(14)11-12-20-2)16(19)15-7-5-3-4-6-8-15/h14-15H,3-13H2,1-2H3/t14-/m0/s1. The number of carbonyl (C=O) groups is 1. The highest BCUT2D eigenvalue weighted by Gasteiger charge is 2.30. The summed E-state index contributed by atoms with van der Waals surface area (Å²) in [5.41, 5.74) is 0. The summed E-state index contributed by atoms with van der Waals surface area (Å²) < 4.78 is 5.15. The SMILES string of the molecule is COCCN1CCN(C(=O)C2CCCCCC2)C[C@@H]1C. The third-order valence-corrected chi connectivity index (χ3v) is 4.86. The van der Waals surface area contributed by atoms with E-state index in [9.17, 15) is 4.79 Å². The Bertz CT molecular complexity index is 301. The number of amides is 1. The van der Waals surface area contributed by atoms with Gasteiger partial charge < -0.3 is 9.64 Å². The summed E-state index contributed by atoms with van der Waals surface area (Å²) in [4.78, 5) is 17.2. The van der Waals surface area contributed by atoms with E-state index in [1.165, 1.54) is 25.7 Å². The molecule has 1 amide bonds. The summed E-state index contributed by atoms with van der Waals surface area (Å²) in [6.45, 7) is 6.75. The zero-order chi connectivity index (χ0) is 14.4. The van der Waals surface area contributed by atoms with Crippen molar-refractivity contribution in [1.29, 1.82) is 0 Å². The topological polar surface area (TPSA) is 32.8 Å². The van der Waals surface area contributed by atoms with Crippen LogP contribution < -0.4 is 0 Å². The van der Waals surface area contributed by atoms with Crippen molar-refractivity contribution in [2.24, 2.45) is 5.92 Å². The summed E-state index contributed by atoms with van der Waals surface area (Å²) >= 11 is 0. The molecule has 0 aromatic heterocycles. The van der Waals surface area contributed by atoms with Gasteiger partial charge in [-0.05, 0) is 19.8 Å². The first-order chi connectivity index (χ1) is 9.72. The van der Waals surface area contributed by atoms with Crippen LogP contribution in [-0.4, -0.2) is 61.6 Å². The fraction of sp³-hybridized carbons (Fsp3) is 0.938. The Morgan fingerprint density at radius 2 is 1.85 bits per heavy atom. The maximum Gasteiger partial charge on any atom is 0.225 e. The molecule has 20 heavy (non-hydrogen) atoms. The van der Waals surface area contributed by atoms with Crippen LogP contribution in [0.4, 0.5) is 0 Å². The summed E-state index contributed by atoms with van der Waals surface area (Å²) in [5, 5.41) is 0. The van der Waals surface area contributed by atoms with Crippen LogP contribution in [0.1, 0.15) is 45.4 Å². The minimum atomic E-state index is 0.301. The Morgan fingerprint density at radius 3 is 2.45 bits per heavy atom. The van der Waals surface area contributed by atoms with Gasteiger partial charge in [0.25, 0.3) is 0 Å². The highest BCUT2D eigenvalue weighted by molar-refractivity contribution is 5.79. The van der Waals surface area contributed by atoms with E-state index < -0.39 is 0 Å². The molecule has 0 radical (unpaired) electrons. The fourth-order valence-corrected chi connectivity index (χ4v) is 3.52. The number of hydrogen-bond acceptors (Lipinski definition) is 3. The molecule has 4 nitrogen and oxygen atoms in total. The molecule has 1 aliphatic carbocycles. The fourth-order valence-electron chi connectivity index (χ4n) is 3.52. The van der Waals surface area contributed by atoms with Crippen molar-refractivity contribution in [3.63, 3.8) is 0 Å². The molecule has 2 fully saturated rings. The second-order valence-corrected chi connectivity index (χ2v) is 6.35. The van der Waals surface area contributed by atoms with Gasteiger partial charge in [-0.25, -0.2) is 0 Å². The number of ether oxygens (including phenoxy) is 1. The highest BCUT2D eigenvalue weighted by atomic mass is 16.5. The summed E-state index contributed by atoms with van der Waals surface area (Å²) in [6.07, 6.45) is 7.31. The first-order valence-electron chi connectivity index (χ1n) is 8.24. The van der Waals surface area contributed by atoms with Gasteiger partial charge in [0.2, 0.25) is 5.91 Å². The number of rotatable bonds is 4. The molecule has 0 aromatic carbocycles. The molecule has 1 saturated heterocycles. The van der Waals surface area contributed by atoms with E-state index >= 15 is 0 Å². The molecule has 1 aliphatic heterocycles. The lowest BCUT2D eigenvalue weighted by atomic mass is 9.98. The van der Waals surface area contributed by atoms with Gasteiger partial charge >= 0.3 is 0 Å². The van der Waals surface area contributed by atoms with Gasteiger partial charge in [-0.2, -0.15) is 0 Å². The Labute approximate surface area is 123 Å². The number of nitrogens with zero attached hydrogens (tertiary/aromatic N) is 2. The van der Waals surface area contributed by atoms with Gasteiger partial charge in [0.1, 0.15) is 0 Å². The second kappa shape index (κ2) is 7.99. The van der Waals surface area contributed by atoms with Crippen LogP contribution in [0.15, 0.2) is 0 Å². The minimum Gasteiger partial charge on any atom is -0.383 e. The van der Waals surface area contributed by atoms with E-state index in [0.29, 0.717) is 17.9 Å². The van der Waals surface area contributed by atoms with Gasteiger partial charge in [-0.1, -0.05) is 25.7 Å². The molecule has 1 heterocycles. The molecule has 4 heteroatoms. The average molecular weight is 282 g/mol. The van der Waals surface area contributed by atoms with Gasteiger partial charge in [0, 0.05) is 45.2 Å². The Hall–Kier alpha value is -0.610. The van der Waals surface area contributed by atoms with Crippen molar-refractivity contribution in [3.8, 4) is 0 Å². The average Bonchev–Trinajstić information content (AvgIpc) is 2.74. The summed E-state index contributed by atoms with van der Waals surface area (Å²) in [5.74, 6) is 0.723. The first kappa shape index (κ1) is 15.8. The van der Waals surface area contributed by atoms with E-state index in [1.807, 2.05) is 0 Å². The van der Waals surface area contributed by atoms with E-state index in [1.54, 1.807) is 7.11 Å². The van der Waals surface area contributed by atoms with Gasteiger partial charge in [0.05, 0.1) is 6.61 Å². The van der Waals surface area contributed by atoms with Crippen molar-refractivity contribution >= 4 is 5.91 Å². The zero-order valence-electron chi connectivity index (χ0n) is 13.1. The third kappa shape index (κ3) is 4.19. The van der Waals surface area contributed by atoms with Crippen molar-refractivity contribution < 1.29 is 9.53 Å². The predicted molar refractivity (Wildman–Crippen MR) is 80.7 cm³/mol. The molecule has 2 rings (SSSR count). The van der Waals surface area contributed by atoms with Gasteiger partial charge in [0.15, 0.2) is 0 Å². The van der Waals surface area contributed by atoms with E-state index in [-0.39, 0.29) is 0 Å². The molecule has 0 aromatic rings. The molecular weight excluding hydrogens is 252 g/mol. The maximum absolute atomic E-state index is 12.7. The number of methoxy groups -OCH3 is 1. The smallest absolute Gasteiger partial charge is 0.225 e. The van der Waals surface area contributed by atoms with Crippen LogP contribution >= 0.6 is 0 Å². The van der Waals surface area contributed by atoms with E-state index in [2.05, 4.69) is 16.7 Å². The minimum absolute atomic E-state index is 0.301. The van der Waals surface area contributed by atoms with E-state index in [0.717, 1.165) is 45.6 Å². The van der Waals surface area contributed by atoms with Gasteiger partial charge in [-0.15, -0.1) is 0 Å². The van der Waals surface area contributed by atoms with Crippen LogP contribution in [0.25, 0.3) is 0 Å². The second-order valence-electron chi connectivity index (χ2n) is 6.35. The van der Waals surface area contributed by atoms with Crippen LogP contribution in [0.3, 0.4) is 0 Å². The molecule has 2 aliphatic rings. The molecule has 1 saturated carbocycles. The molecular formula is C16H30N2O2. The lowest BCUT2D eigenvalue weighted by molar-refractivity contribution is -0.139. The molecule has 0 unspecified atom stereocenters. The Kier molecular flexibility index (Phi) is 6.30. The van der Waals surface area contributed by atoms with Gasteiger partial charge in [-0.3, -0.25) is 9.69 Å². The van der Waals surface area contributed by atoms with E-state index in [4.69, 9.17) is 4.74 Å². The molecule has 116 valence electrons. The Morgan fingerprint density at radius 1 is 1.15 bits per heavy atom. The maximum atomic E-state index is 12.7. The lowest BCUT2D eigenvalue weighted by Gasteiger charge is -2.41. The van der Waals surface area contributed by atoms with Crippen LogP contribution in [0, 0.1) is 5.92 Å². The normalized spacial score (nSPS) is 26.5. The van der Waals surface area contributed by atoms with Crippen molar-refractivity contribution in [1.82, 2.24) is 9.80 Å². The first-order valence-corrected chi connectivity index (χ1v) is 8.24. The number of carbonyl (C=O) groups excluding carboxylic acids is 1. The molecule has 0 bridgehead atoms. The third-order valence-electron chi connectivity index (χ3n) is 4.86. The number of hydrogen-bond donors (Lipinski definition) is 0. The van der Waals surface area contributed by atoms with Crippen molar-refractivity contribution in [2.45, 2.75) is 51.5 Å². The largest absolute Gasteiger partial charge is 0.383 e. The van der Waals surface area contributed by atoms with Crippen molar-refractivity contribution in [2.75, 3.05) is 39.9 Å². The highest BCUT2D eigenvalue weighted by Crippen LogP contribution is 2.25.